The van der Waals surface area contributed by atoms with Crippen LogP contribution in [0.1, 0.15) is 11.1 Å². The topological polar surface area (TPSA) is 70.3 Å². The maximum absolute atomic E-state index is 13.3. The van der Waals surface area contributed by atoms with Crippen LogP contribution in [0.4, 0.5) is 13.2 Å². The summed E-state index contributed by atoms with van der Waals surface area (Å²) in [7, 11) is 2.98. The second kappa shape index (κ2) is 6.80. The highest BCUT2D eigenvalue weighted by molar-refractivity contribution is 5.96. The van der Waals surface area contributed by atoms with E-state index in [2.05, 4.69) is 10.2 Å². The summed E-state index contributed by atoms with van der Waals surface area (Å²) < 4.78 is 50.5. The largest absolute Gasteiger partial charge is 0.493 e. The van der Waals surface area contributed by atoms with Gasteiger partial charge in [0.05, 0.1) is 26.0 Å². The van der Waals surface area contributed by atoms with Gasteiger partial charge in [0.25, 0.3) is 0 Å². The minimum Gasteiger partial charge on any atom is -0.493 e. The Labute approximate surface area is 147 Å². The predicted octanol–water partition coefficient (Wildman–Crippen LogP) is 3.79. The quantitative estimate of drug-likeness (QED) is 0.764. The third-order valence-electron chi connectivity index (χ3n) is 4.07. The van der Waals surface area contributed by atoms with Crippen molar-refractivity contribution in [3.63, 3.8) is 0 Å². The predicted molar refractivity (Wildman–Crippen MR) is 91.0 cm³/mol. The van der Waals surface area contributed by atoms with Crippen molar-refractivity contribution in [1.29, 1.82) is 0 Å². The SMILES string of the molecule is COc1cc2cnnc(-c3ccc(CN)c(C(F)(F)F)c3)c2cc1OC. The summed E-state index contributed by atoms with van der Waals surface area (Å²) in [5, 5.41) is 9.22. The summed E-state index contributed by atoms with van der Waals surface area (Å²) in [5.41, 5.74) is 5.29. The van der Waals surface area contributed by atoms with Gasteiger partial charge in [0, 0.05) is 22.9 Å². The highest BCUT2D eigenvalue weighted by atomic mass is 19.4. The molecule has 0 aliphatic carbocycles. The zero-order valence-electron chi connectivity index (χ0n) is 14.1. The van der Waals surface area contributed by atoms with Crippen LogP contribution in [0.25, 0.3) is 22.0 Å². The maximum atomic E-state index is 13.3. The van der Waals surface area contributed by atoms with Crippen LogP contribution in [0.3, 0.4) is 0 Å². The summed E-state index contributed by atoms with van der Waals surface area (Å²) in [6.07, 6.45) is -3.00. The Morgan fingerprint density at radius 3 is 2.35 bits per heavy atom. The van der Waals surface area contributed by atoms with Crippen LogP contribution >= 0.6 is 0 Å². The number of alkyl halides is 3. The summed E-state index contributed by atoms with van der Waals surface area (Å²) in [6, 6.07) is 7.33. The number of benzene rings is 2. The molecule has 0 bridgehead atoms. The van der Waals surface area contributed by atoms with E-state index in [1.807, 2.05) is 0 Å². The standard InChI is InChI=1S/C18H16F3N3O2/c1-25-15-6-12-9-23-24-17(13(12)7-16(15)26-2)10-3-4-11(8-22)14(5-10)18(19,20)21/h3-7,9H,8,22H2,1-2H3. The van der Waals surface area contributed by atoms with Gasteiger partial charge in [-0.25, -0.2) is 0 Å². The molecule has 136 valence electrons. The van der Waals surface area contributed by atoms with Crippen molar-refractivity contribution in [3.8, 4) is 22.8 Å². The molecule has 8 heteroatoms. The van der Waals surface area contributed by atoms with Crippen molar-refractivity contribution in [3.05, 3.63) is 47.7 Å². The van der Waals surface area contributed by atoms with E-state index in [1.54, 1.807) is 18.2 Å². The molecule has 0 radical (unpaired) electrons. The molecule has 0 aliphatic heterocycles. The Morgan fingerprint density at radius 2 is 1.73 bits per heavy atom. The van der Waals surface area contributed by atoms with Gasteiger partial charge in [-0.2, -0.15) is 18.3 Å². The molecule has 2 N–H and O–H groups in total. The van der Waals surface area contributed by atoms with Crippen LogP contribution in [-0.4, -0.2) is 24.4 Å². The van der Waals surface area contributed by atoms with Gasteiger partial charge in [0.2, 0.25) is 0 Å². The minimum atomic E-state index is -4.51. The lowest BCUT2D eigenvalue weighted by molar-refractivity contribution is -0.138. The van der Waals surface area contributed by atoms with Crippen molar-refractivity contribution in [2.24, 2.45) is 5.73 Å². The van der Waals surface area contributed by atoms with Gasteiger partial charge in [-0.15, -0.1) is 5.10 Å². The molecule has 3 aromatic rings. The van der Waals surface area contributed by atoms with E-state index in [4.69, 9.17) is 15.2 Å². The number of nitrogens with zero attached hydrogens (tertiary/aromatic N) is 2. The Bertz CT molecular complexity index is 958. The zero-order valence-corrected chi connectivity index (χ0v) is 14.1. The van der Waals surface area contributed by atoms with Gasteiger partial charge in [0.15, 0.2) is 11.5 Å². The molecule has 0 unspecified atom stereocenters. The summed E-state index contributed by atoms with van der Waals surface area (Å²) in [4.78, 5) is 0. The fraction of sp³-hybridized carbons (Fsp3) is 0.222. The van der Waals surface area contributed by atoms with Crippen LogP contribution in [0.5, 0.6) is 11.5 Å². The van der Waals surface area contributed by atoms with E-state index in [-0.39, 0.29) is 12.1 Å². The van der Waals surface area contributed by atoms with E-state index in [0.717, 1.165) is 6.07 Å². The Hall–Kier alpha value is -2.87. The molecular formula is C18H16F3N3O2. The van der Waals surface area contributed by atoms with Gasteiger partial charge < -0.3 is 15.2 Å². The van der Waals surface area contributed by atoms with Crippen LogP contribution in [0.2, 0.25) is 0 Å². The number of nitrogens with two attached hydrogens (primary N) is 1. The van der Waals surface area contributed by atoms with Gasteiger partial charge in [-0.05, 0) is 23.8 Å². The highest BCUT2D eigenvalue weighted by Gasteiger charge is 2.33. The second-order valence-electron chi connectivity index (χ2n) is 5.56. The lowest BCUT2D eigenvalue weighted by Gasteiger charge is -2.14. The lowest BCUT2D eigenvalue weighted by atomic mass is 9.99. The molecule has 2 aromatic carbocycles. The molecule has 5 nitrogen and oxygen atoms in total. The average Bonchev–Trinajstić information content (AvgIpc) is 2.65. The number of halogens is 3. The molecule has 1 heterocycles. The molecule has 1 aromatic heterocycles. The first-order valence-corrected chi connectivity index (χ1v) is 7.67. The first kappa shape index (κ1) is 17.9. The fourth-order valence-corrected chi connectivity index (χ4v) is 2.79. The first-order chi connectivity index (χ1) is 12.4. The van der Waals surface area contributed by atoms with E-state index < -0.39 is 11.7 Å². The molecule has 0 atom stereocenters. The molecule has 0 amide bonds. The smallest absolute Gasteiger partial charge is 0.416 e. The molecule has 0 spiro atoms. The fourth-order valence-electron chi connectivity index (χ4n) is 2.79. The van der Waals surface area contributed by atoms with Crippen LogP contribution in [0, 0.1) is 0 Å². The Balaban J connectivity index is 2.26. The lowest BCUT2D eigenvalue weighted by Crippen LogP contribution is -2.12. The van der Waals surface area contributed by atoms with Gasteiger partial charge in [0.1, 0.15) is 5.69 Å². The van der Waals surface area contributed by atoms with E-state index in [0.29, 0.717) is 33.5 Å². The summed E-state index contributed by atoms with van der Waals surface area (Å²) in [5.74, 6) is 0.942. The first-order valence-electron chi connectivity index (χ1n) is 7.67. The zero-order chi connectivity index (χ0) is 18.9. The van der Waals surface area contributed by atoms with E-state index >= 15 is 0 Å². The summed E-state index contributed by atoms with van der Waals surface area (Å²) >= 11 is 0. The third-order valence-corrected chi connectivity index (χ3v) is 4.07. The normalized spacial score (nSPS) is 11.6. The number of aromatic nitrogens is 2. The number of hydrogen-bond acceptors (Lipinski definition) is 5. The molecule has 0 saturated carbocycles. The van der Waals surface area contributed by atoms with Gasteiger partial charge >= 0.3 is 6.18 Å². The van der Waals surface area contributed by atoms with Gasteiger partial charge in [-0.1, -0.05) is 12.1 Å². The van der Waals surface area contributed by atoms with Crippen molar-refractivity contribution >= 4 is 10.8 Å². The molecule has 0 fully saturated rings. The monoisotopic (exact) mass is 363 g/mol. The number of ether oxygens (including phenoxy) is 2. The van der Waals surface area contributed by atoms with Crippen LogP contribution in [0.15, 0.2) is 36.5 Å². The van der Waals surface area contributed by atoms with E-state index in [9.17, 15) is 13.2 Å². The average molecular weight is 363 g/mol. The Kier molecular flexibility index (Phi) is 4.69. The Morgan fingerprint density at radius 1 is 1.04 bits per heavy atom. The third kappa shape index (κ3) is 3.15. The van der Waals surface area contributed by atoms with Crippen LogP contribution < -0.4 is 15.2 Å². The maximum Gasteiger partial charge on any atom is 0.416 e. The number of hydrogen-bond donors (Lipinski definition) is 1. The molecular weight excluding hydrogens is 347 g/mol. The molecule has 3 rings (SSSR count). The minimum absolute atomic E-state index is 0.0219. The molecule has 0 aliphatic rings. The van der Waals surface area contributed by atoms with Gasteiger partial charge in [-0.3, -0.25) is 0 Å². The number of fused-ring (bicyclic) bond motifs is 1. The van der Waals surface area contributed by atoms with Crippen molar-refractivity contribution in [2.45, 2.75) is 12.7 Å². The number of rotatable bonds is 4. The second-order valence-corrected chi connectivity index (χ2v) is 5.56. The van der Waals surface area contributed by atoms with Crippen molar-refractivity contribution in [1.82, 2.24) is 10.2 Å². The van der Waals surface area contributed by atoms with Crippen LogP contribution in [-0.2, 0) is 12.7 Å². The van der Waals surface area contributed by atoms with Crippen molar-refractivity contribution in [2.75, 3.05) is 14.2 Å². The van der Waals surface area contributed by atoms with Crippen molar-refractivity contribution < 1.29 is 22.6 Å². The van der Waals surface area contributed by atoms with E-state index in [1.165, 1.54) is 26.5 Å². The highest BCUT2D eigenvalue weighted by Crippen LogP contribution is 2.38. The number of methoxy groups -OCH3 is 2. The molecule has 0 saturated heterocycles. The molecule has 26 heavy (non-hydrogen) atoms. The summed E-state index contributed by atoms with van der Waals surface area (Å²) in [6.45, 7) is -0.207.